The summed E-state index contributed by atoms with van der Waals surface area (Å²) >= 11 is 0. The third-order valence-corrected chi connectivity index (χ3v) is 6.82. The van der Waals surface area contributed by atoms with E-state index in [1.165, 1.54) is 48.6 Å². The van der Waals surface area contributed by atoms with Gasteiger partial charge in [-0.3, -0.25) is 4.79 Å². The van der Waals surface area contributed by atoms with E-state index >= 15 is 0 Å². The molecule has 1 saturated heterocycles. The van der Waals surface area contributed by atoms with Gasteiger partial charge in [-0.05, 0) is 75.9 Å². The smallest absolute Gasteiger partial charge is 0.291 e. The lowest BCUT2D eigenvalue weighted by Crippen LogP contribution is -2.43. The molecule has 4 rings (SSSR count). The SMILES string of the molecule is CC1CC(C2C[C@@H](C)N[C@@H](C)C2)=CC(C2=CCCCC2)=C1NC(=O)c1ncc(C#N)[nH]1. The van der Waals surface area contributed by atoms with Gasteiger partial charge in [-0.15, -0.1) is 0 Å². The minimum atomic E-state index is -0.279. The van der Waals surface area contributed by atoms with E-state index in [1.54, 1.807) is 0 Å². The van der Waals surface area contributed by atoms with Gasteiger partial charge in [-0.25, -0.2) is 4.98 Å². The van der Waals surface area contributed by atoms with E-state index in [4.69, 9.17) is 5.26 Å². The van der Waals surface area contributed by atoms with E-state index in [0.29, 0.717) is 23.7 Å². The lowest BCUT2D eigenvalue weighted by Gasteiger charge is -2.37. The Labute approximate surface area is 184 Å². The van der Waals surface area contributed by atoms with Crippen LogP contribution in [0.4, 0.5) is 0 Å². The molecule has 2 heterocycles. The van der Waals surface area contributed by atoms with Crippen molar-refractivity contribution in [3.05, 3.63) is 52.3 Å². The molecule has 0 spiro atoms. The largest absolute Gasteiger partial charge is 0.326 e. The molecule has 4 atom stereocenters. The second-order valence-corrected chi connectivity index (χ2v) is 9.48. The third-order valence-electron chi connectivity index (χ3n) is 6.82. The van der Waals surface area contributed by atoms with Gasteiger partial charge >= 0.3 is 0 Å². The van der Waals surface area contributed by atoms with Crippen molar-refractivity contribution in [2.24, 2.45) is 11.8 Å². The van der Waals surface area contributed by atoms with Crippen molar-refractivity contribution < 1.29 is 4.79 Å². The van der Waals surface area contributed by atoms with Gasteiger partial charge in [0.05, 0.1) is 6.20 Å². The van der Waals surface area contributed by atoms with Gasteiger partial charge in [-0.2, -0.15) is 5.26 Å². The van der Waals surface area contributed by atoms with Gasteiger partial charge in [-0.1, -0.05) is 24.6 Å². The number of rotatable bonds is 4. The molecule has 6 heteroatoms. The molecule has 1 aliphatic heterocycles. The van der Waals surface area contributed by atoms with Crippen LogP contribution in [0.3, 0.4) is 0 Å². The first-order chi connectivity index (χ1) is 14.9. The standard InChI is InChI=1S/C25H33N5O/c1-15-9-19(20-10-16(2)28-17(3)11-20)12-22(18-7-5-4-6-8-18)23(15)30-25(31)24-27-14-21(13-26)29-24/h7,12,14-17,20,28H,4-6,8-11H2,1-3H3,(H,27,29)(H,30,31)/t15?,16-,17+,20?. The highest BCUT2D eigenvalue weighted by molar-refractivity contribution is 5.92. The summed E-state index contributed by atoms with van der Waals surface area (Å²) < 4.78 is 0. The fourth-order valence-corrected chi connectivity index (χ4v) is 5.42. The predicted molar refractivity (Wildman–Crippen MR) is 121 cm³/mol. The molecule has 6 nitrogen and oxygen atoms in total. The maximum absolute atomic E-state index is 12.9. The summed E-state index contributed by atoms with van der Waals surface area (Å²) in [5.74, 6) is 0.725. The Morgan fingerprint density at radius 3 is 2.65 bits per heavy atom. The molecule has 164 valence electrons. The molecule has 0 bridgehead atoms. The lowest BCUT2D eigenvalue weighted by atomic mass is 9.74. The molecule has 1 fully saturated rings. The van der Waals surface area contributed by atoms with Crippen LogP contribution in [0, 0.1) is 23.2 Å². The van der Waals surface area contributed by atoms with Crippen molar-refractivity contribution in [1.82, 2.24) is 20.6 Å². The van der Waals surface area contributed by atoms with Crippen LogP contribution in [0.25, 0.3) is 0 Å². The number of hydrogen-bond donors (Lipinski definition) is 3. The van der Waals surface area contributed by atoms with E-state index in [1.807, 2.05) is 6.07 Å². The van der Waals surface area contributed by atoms with Crippen LogP contribution < -0.4 is 10.6 Å². The topological polar surface area (TPSA) is 93.6 Å². The summed E-state index contributed by atoms with van der Waals surface area (Å²) in [5, 5.41) is 15.8. The van der Waals surface area contributed by atoms with Gasteiger partial charge in [0.25, 0.3) is 5.91 Å². The molecule has 2 aliphatic carbocycles. The number of nitrogens with zero attached hydrogens (tertiary/aromatic N) is 2. The number of amides is 1. The number of aromatic amines is 1. The van der Waals surface area contributed by atoms with Crippen LogP contribution in [-0.2, 0) is 0 Å². The number of hydrogen-bond acceptors (Lipinski definition) is 4. The number of carbonyl (C=O) groups excluding carboxylic acids is 1. The minimum absolute atomic E-state index is 0.184. The summed E-state index contributed by atoms with van der Waals surface area (Å²) in [4.78, 5) is 19.7. The monoisotopic (exact) mass is 419 g/mol. The molecule has 3 aliphatic rings. The molecular formula is C25H33N5O. The lowest BCUT2D eigenvalue weighted by molar-refractivity contribution is 0.0951. The van der Waals surface area contributed by atoms with Crippen molar-refractivity contribution in [1.29, 1.82) is 5.26 Å². The number of allylic oxidation sites excluding steroid dienone is 6. The molecule has 0 aromatic carbocycles. The quantitative estimate of drug-likeness (QED) is 0.669. The first-order valence-corrected chi connectivity index (χ1v) is 11.6. The molecule has 3 N–H and O–H groups in total. The number of carbonyl (C=O) groups is 1. The highest BCUT2D eigenvalue weighted by atomic mass is 16.2. The van der Waals surface area contributed by atoms with Gasteiger partial charge in [0.15, 0.2) is 5.82 Å². The molecular weight excluding hydrogens is 386 g/mol. The van der Waals surface area contributed by atoms with Gasteiger partial charge in [0, 0.05) is 23.7 Å². The van der Waals surface area contributed by atoms with Gasteiger partial charge in [0.1, 0.15) is 11.8 Å². The maximum atomic E-state index is 12.9. The van der Waals surface area contributed by atoms with E-state index in [2.05, 4.69) is 53.5 Å². The Balaban J connectivity index is 1.67. The zero-order valence-corrected chi connectivity index (χ0v) is 18.8. The maximum Gasteiger partial charge on any atom is 0.291 e. The van der Waals surface area contributed by atoms with E-state index in [0.717, 1.165) is 25.0 Å². The van der Waals surface area contributed by atoms with Crippen molar-refractivity contribution in [2.75, 3.05) is 0 Å². The van der Waals surface area contributed by atoms with Crippen LogP contribution >= 0.6 is 0 Å². The molecule has 2 unspecified atom stereocenters. The van der Waals surface area contributed by atoms with Crippen molar-refractivity contribution in [3.63, 3.8) is 0 Å². The Morgan fingerprint density at radius 2 is 2.00 bits per heavy atom. The molecule has 0 saturated carbocycles. The van der Waals surface area contributed by atoms with Crippen LogP contribution in [0.15, 0.2) is 40.8 Å². The normalized spacial score (nSPS) is 29.1. The van der Waals surface area contributed by atoms with Crippen LogP contribution in [0.1, 0.15) is 82.0 Å². The van der Waals surface area contributed by atoms with Crippen molar-refractivity contribution in [3.8, 4) is 6.07 Å². The number of piperidine rings is 1. The van der Waals surface area contributed by atoms with Crippen molar-refractivity contribution in [2.45, 2.75) is 77.8 Å². The van der Waals surface area contributed by atoms with E-state index in [-0.39, 0.29) is 17.6 Å². The van der Waals surface area contributed by atoms with Crippen LogP contribution in [0.5, 0.6) is 0 Å². The minimum Gasteiger partial charge on any atom is -0.326 e. The van der Waals surface area contributed by atoms with Crippen LogP contribution in [0.2, 0.25) is 0 Å². The Morgan fingerprint density at radius 1 is 1.23 bits per heavy atom. The molecule has 31 heavy (non-hydrogen) atoms. The zero-order chi connectivity index (χ0) is 22.0. The number of nitrogens with one attached hydrogen (secondary N) is 3. The second-order valence-electron chi connectivity index (χ2n) is 9.48. The number of H-pyrrole nitrogens is 1. The predicted octanol–water partition coefficient (Wildman–Crippen LogP) is 4.51. The highest BCUT2D eigenvalue weighted by Crippen LogP contribution is 2.40. The Hall–Kier alpha value is -2.65. The Kier molecular flexibility index (Phi) is 6.43. The van der Waals surface area contributed by atoms with Gasteiger partial charge in [0.2, 0.25) is 0 Å². The van der Waals surface area contributed by atoms with Crippen molar-refractivity contribution >= 4 is 5.91 Å². The molecule has 0 radical (unpaired) electrons. The summed E-state index contributed by atoms with van der Waals surface area (Å²) in [6.45, 7) is 6.77. The average Bonchev–Trinajstić information content (AvgIpc) is 3.24. The summed E-state index contributed by atoms with van der Waals surface area (Å²) in [6, 6.07) is 3.05. The Bertz CT molecular complexity index is 966. The van der Waals surface area contributed by atoms with Crippen LogP contribution in [-0.4, -0.2) is 28.0 Å². The first-order valence-electron chi connectivity index (χ1n) is 11.6. The highest BCUT2D eigenvalue weighted by Gasteiger charge is 2.31. The first kappa shape index (κ1) is 21.6. The third kappa shape index (κ3) is 4.83. The second kappa shape index (κ2) is 9.23. The van der Waals surface area contributed by atoms with Gasteiger partial charge < -0.3 is 15.6 Å². The summed E-state index contributed by atoms with van der Waals surface area (Å²) in [6.07, 6.45) is 14.0. The average molecular weight is 420 g/mol. The number of aromatic nitrogens is 2. The summed E-state index contributed by atoms with van der Waals surface area (Å²) in [5.41, 5.74) is 5.37. The van der Waals surface area contributed by atoms with E-state index in [9.17, 15) is 4.79 Å². The number of nitriles is 1. The number of imidazole rings is 1. The fraction of sp³-hybridized carbons (Fsp3) is 0.560. The summed E-state index contributed by atoms with van der Waals surface area (Å²) in [7, 11) is 0. The molecule has 1 amide bonds. The van der Waals surface area contributed by atoms with E-state index < -0.39 is 0 Å². The molecule has 1 aromatic rings. The zero-order valence-electron chi connectivity index (χ0n) is 18.8. The molecule has 1 aromatic heterocycles. The fourth-order valence-electron chi connectivity index (χ4n) is 5.42.